The largest absolute Gasteiger partial charge is 0.458 e. The Labute approximate surface area is 516 Å². The van der Waals surface area contributed by atoms with E-state index in [1.54, 1.807) is 125 Å². The van der Waals surface area contributed by atoms with Gasteiger partial charge in [-0.05, 0) is 178 Å². The number of rotatable bonds is 12. The number of hydrogen-bond donors (Lipinski definition) is 3. The Bertz CT molecular complexity index is 2200. The van der Waals surface area contributed by atoms with Gasteiger partial charge in [0.05, 0.1) is 0 Å². The summed E-state index contributed by atoms with van der Waals surface area (Å²) in [6.45, 7) is 31.9. The van der Waals surface area contributed by atoms with Crippen molar-refractivity contribution in [1.29, 1.82) is 0 Å². The lowest BCUT2D eigenvalue weighted by Gasteiger charge is -2.26. The fourth-order valence-electron chi connectivity index (χ4n) is 5.77. The lowest BCUT2D eigenvalue weighted by molar-refractivity contribution is -0.158. The van der Waals surface area contributed by atoms with E-state index in [0.717, 1.165) is 43.5 Å². The number of amides is 3. The van der Waals surface area contributed by atoms with E-state index in [1.807, 2.05) is 54.6 Å². The van der Waals surface area contributed by atoms with E-state index in [0.29, 0.717) is 0 Å². The molecule has 0 bridgehead atoms. The van der Waals surface area contributed by atoms with Crippen LogP contribution in [-0.2, 0) is 62.1 Å². The molecular formula is C55H78Br6FN3O12S. The molecule has 440 valence electrons. The molecule has 0 radical (unpaired) electrons. The highest BCUT2D eigenvalue weighted by atomic mass is 79.9. The van der Waals surface area contributed by atoms with Crippen LogP contribution < -0.4 is 16.0 Å². The Kier molecular flexibility index (Phi) is 32.0. The summed E-state index contributed by atoms with van der Waals surface area (Å²) < 4.78 is 47.5. The summed E-state index contributed by atoms with van der Waals surface area (Å²) in [4.78, 5) is 73.9. The summed E-state index contributed by atoms with van der Waals surface area (Å²) in [5.41, 5.74) is -1.30. The summed E-state index contributed by atoms with van der Waals surface area (Å²) in [6.07, 6.45) is 0.247. The molecule has 3 N–H and O–H groups in total. The minimum atomic E-state index is -0.855. The van der Waals surface area contributed by atoms with Gasteiger partial charge >= 0.3 is 36.2 Å². The monoisotopic (exact) mass is 1500 g/mol. The molecule has 0 aliphatic heterocycles. The molecule has 0 spiro atoms. The molecule has 0 saturated heterocycles. The zero-order valence-corrected chi connectivity index (χ0v) is 58.3. The number of benzene rings is 3. The van der Waals surface area contributed by atoms with Gasteiger partial charge in [0.15, 0.2) is 0 Å². The normalized spacial score (nSPS) is 12.8. The van der Waals surface area contributed by atoms with Gasteiger partial charge in [-0.1, -0.05) is 114 Å². The van der Waals surface area contributed by atoms with Gasteiger partial charge in [-0.25, -0.2) is 28.8 Å². The summed E-state index contributed by atoms with van der Waals surface area (Å²) >= 11 is 20.9. The number of carbonyl (C=O) groups excluding carboxylic acids is 6. The van der Waals surface area contributed by atoms with Crippen LogP contribution in [0.25, 0.3) is 0 Å². The Morgan fingerprint density at radius 3 is 0.731 bits per heavy atom. The summed E-state index contributed by atoms with van der Waals surface area (Å²) in [5.74, 6) is -1.52. The second-order valence-corrected chi connectivity index (χ2v) is 28.8. The van der Waals surface area contributed by atoms with Gasteiger partial charge in [0, 0.05) is 64.5 Å². The predicted octanol–water partition coefficient (Wildman–Crippen LogP) is 16.2. The van der Waals surface area contributed by atoms with Crippen molar-refractivity contribution < 1.29 is 61.1 Å². The van der Waals surface area contributed by atoms with Crippen molar-refractivity contribution >= 4 is 144 Å². The first-order chi connectivity index (χ1) is 35.2. The molecule has 0 fully saturated rings. The van der Waals surface area contributed by atoms with Crippen LogP contribution in [-0.4, -0.2) is 94.2 Å². The molecule has 15 nitrogen and oxygen atoms in total. The molecule has 3 aromatic carbocycles. The van der Waals surface area contributed by atoms with Gasteiger partial charge in [0.1, 0.15) is 51.7 Å². The number of alkyl carbamates (subject to hydrolysis) is 3. The van der Waals surface area contributed by atoms with Crippen molar-refractivity contribution in [2.24, 2.45) is 0 Å². The first kappa shape index (κ1) is 75.0. The van der Waals surface area contributed by atoms with E-state index in [-0.39, 0.29) is 31.4 Å². The molecule has 3 aromatic rings. The molecule has 23 heteroatoms. The van der Waals surface area contributed by atoms with Crippen LogP contribution in [0.2, 0.25) is 0 Å². The van der Waals surface area contributed by atoms with Crippen LogP contribution in [0.4, 0.5) is 18.3 Å². The summed E-state index contributed by atoms with van der Waals surface area (Å²) in [5, 5.41) is 7.85. The SMILES string of the molecule is CC(C)(C)OC(=O)NC(Cc1ccc(Br)cc1Br)C(=O)OC(C)(C)C.CC(C)(C)OC(=O)N[C@@H](Cc1ccc(Br)cc1Br)C(=O)OC(C)(C)C.CC(C)(C)OC(=O)N[C@H](Cc1ccc(Br)cc1Br)C(=O)OC(C)(C)C.CSF. The third kappa shape index (κ3) is 36.4. The average Bonchev–Trinajstić information content (AvgIpc) is 3.19. The van der Waals surface area contributed by atoms with Gasteiger partial charge in [0.25, 0.3) is 0 Å². The quantitative estimate of drug-likeness (QED) is 0.115. The number of halogens is 7. The zero-order valence-electron chi connectivity index (χ0n) is 48.0. The van der Waals surface area contributed by atoms with Gasteiger partial charge in [-0.15, -0.1) is 0 Å². The Balaban J connectivity index is 0.00000111. The van der Waals surface area contributed by atoms with Gasteiger partial charge in [-0.2, -0.15) is 3.89 Å². The Hall–Kier alpha value is -2.96. The van der Waals surface area contributed by atoms with Crippen molar-refractivity contribution in [2.75, 3.05) is 6.26 Å². The number of esters is 3. The molecule has 3 rings (SSSR count). The van der Waals surface area contributed by atoms with E-state index in [4.69, 9.17) is 28.4 Å². The van der Waals surface area contributed by atoms with E-state index in [9.17, 15) is 32.7 Å². The number of carbonyl (C=O) groups is 6. The zero-order chi connectivity index (χ0) is 60.9. The van der Waals surface area contributed by atoms with Crippen LogP contribution in [0.15, 0.2) is 81.4 Å². The van der Waals surface area contributed by atoms with Crippen LogP contribution in [0, 0.1) is 0 Å². The maximum Gasteiger partial charge on any atom is 0.408 e. The van der Waals surface area contributed by atoms with Crippen LogP contribution in [0.3, 0.4) is 0 Å². The lowest BCUT2D eigenvalue weighted by atomic mass is 10.1. The Morgan fingerprint density at radius 2 is 0.577 bits per heavy atom. The maximum absolute atomic E-state index is 12.5. The smallest absolute Gasteiger partial charge is 0.408 e. The van der Waals surface area contributed by atoms with E-state index in [2.05, 4.69) is 112 Å². The highest BCUT2D eigenvalue weighted by molar-refractivity contribution is 9.11. The molecular weight excluding hydrogens is 1430 g/mol. The minimum absolute atomic E-state index is 0.250. The van der Waals surface area contributed by atoms with E-state index < -0.39 is 87.9 Å². The van der Waals surface area contributed by atoms with E-state index in [1.165, 1.54) is 6.26 Å². The second kappa shape index (κ2) is 33.2. The Morgan fingerprint density at radius 1 is 0.397 bits per heavy atom. The van der Waals surface area contributed by atoms with Crippen LogP contribution in [0.1, 0.15) is 141 Å². The maximum atomic E-state index is 12.5. The van der Waals surface area contributed by atoms with E-state index >= 15 is 0 Å². The van der Waals surface area contributed by atoms with Gasteiger partial charge in [-0.3, -0.25) is 0 Å². The van der Waals surface area contributed by atoms with Crippen molar-refractivity contribution in [3.8, 4) is 0 Å². The fourth-order valence-corrected chi connectivity index (χ4v) is 9.40. The van der Waals surface area contributed by atoms with Gasteiger partial charge in [0.2, 0.25) is 0 Å². The first-order valence-corrected chi connectivity index (χ1v) is 30.2. The molecule has 3 atom stereocenters. The molecule has 0 aromatic heterocycles. The van der Waals surface area contributed by atoms with Crippen LogP contribution >= 0.6 is 108 Å². The predicted molar refractivity (Wildman–Crippen MR) is 328 cm³/mol. The minimum Gasteiger partial charge on any atom is -0.458 e. The molecule has 0 aliphatic rings. The third-order valence-corrected chi connectivity index (χ3v) is 12.2. The molecule has 0 saturated carbocycles. The van der Waals surface area contributed by atoms with Crippen molar-refractivity contribution in [3.05, 3.63) is 98.1 Å². The topological polar surface area (TPSA) is 194 Å². The summed E-state index contributed by atoms with van der Waals surface area (Å²) in [6, 6.07) is 14.3. The molecule has 3 amide bonds. The summed E-state index contributed by atoms with van der Waals surface area (Å²) in [7, 11) is 0. The first-order valence-electron chi connectivity index (χ1n) is 24.4. The van der Waals surface area contributed by atoms with Gasteiger partial charge < -0.3 is 44.4 Å². The molecule has 0 aliphatic carbocycles. The number of nitrogens with one attached hydrogen (secondary N) is 3. The van der Waals surface area contributed by atoms with Crippen molar-refractivity contribution in [2.45, 2.75) is 196 Å². The molecule has 0 heterocycles. The highest BCUT2D eigenvalue weighted by Crippen LogP contribution is 2.27. The van der Waals surface area contributed by atoms with Crippen molar-refractivity contribution in [1.82, 2.24) is 16.0 Å². The molecule has 78 heavy (non-hydrogen) atoms. The number of ether oxygens (including phenoxy) is 6. The standard InChI is InChI=1S/3C18H25Br2NO4.CH3FS/c3*1-17(2,3)24-15(22)14(21-16(23)25-18(4,5)6)9-11-7-8-12(19)10-13(11)20;1-3-2/h3*7-8,10,14H,9H2,1-6H3,(H,21,23);1H3/t2*14-;;/m10../s1. The average molecular weight is 1500 g/mol. The lowest BCUT2D eigenvalue weighted by Crippen LogP contribution is -2.47. The third-order valence-electron chi connectivity index (χ3n) is 8.46. The van der Waals surface area contributed by atoms with Crippen molar-refractivity contribution in [3.63, 3.8) is 0 Å². The fraction of sp³-hybridized carbons (Fsp3) is 0.564. The number of hydrogen-bond acceptors (Lipinski definition) is 13. The highest BCUT2D eigenvalue weighted by Gasteiger charge is 2.32. The molecule has 1 unspecified atom stereocenters. The van der Waals surface area contributed by atoms with Crippen LogP contribution in [0.5, 0.6) is 0 Å². The second-order valence-electron chi connectivity index (χ2n) is 23.2.